The number of nitrogens with zero attached hydrogens (tertiary/aromatic N) is 1. The Morgan fingerprint density at radius 3 is 2.68 bits per heavy atom. The highest BCUT2D eigenvalue weighted by molar-refractivity contribution is 6.12. The average Bonchev–Trinajstić information content (AvgIpc) is 2.50. The molecule has 1 aromatic heterocycles. The Labute approximate surface area is 127 Å². The van der Waals surface area contributed by atoms with Gasteiger partial charge in [0.25, 0.3) is 5.91 Å². The maximum Gasteiger partial charge on any atom is 0.256 e. The fraction of sp³-hybridized carbons (Fsp3) is 0.111. The second-order valence-corrected chi connectivity index (χ2v) is 5.24. The molecular weight excluding hydrogens is 279 g/mol. The van der Waals surface area contributed by atoms with Crippen molar-refractivity contribution >= 4 is 22.5 Å². The SMILES string of the molecule is Cc1cc(C(=O)Nc2cc(F)ccc2C)c2ccccc2n1. The Morgan fingerprint density at radius 1 is 1.09 bits per heavy atom. The summed E-state index contributed by atoms with van der Waals surface area (Å²) >= 11 is 0. The molecule has 3 aromatic rings. The van der Waals surface area contributed by atoms with Gasteiger partial charge in [-0.15, -0.1) is 0 Å². The summed E-state index contributed by atoms with van der Waals surface area (Å²) < 4.78 is 13.4. The van der Waals surface area contributed by atoms with Crippen LogP contribution in [0.2, 0.25) is 0 Å². The number of halogens is 1. The average molecular weight is 294 g/mol. The molecule has 0 atom stereocenters. The number of rotatable bonds is 2. The minimum atomic E-state index is -0.378. The lowest BCUT2D eigenvalue weighted by Crippen LogP contribution is -2.14. The van der Waals surface area contributed by atoms with Crippen LogP contribution in [0.4, 0.5) is 10.1 Å². The molecular formula is C18H15FN2O. The molecule has 3 nitrogen and oxygen atoms in total. The summed E-state index contributed by atoms with van der Waals surface area (Å²) in [6.07, 6.45) is 0. The number of nitrogens with one attached hydrogen (secondary N) is 1. The van der Waals surface area contributed by atoms with Gasteiger partial charge in [-0.25, -0.2) is 4.39 Å². The maximum atomic E-state index is 13.4. The zero-order valence-corrected chi connectivity index (χ0v) is 12.4. The topological polar surface area (TPSA) is 42.0 Å². The molecule has 0 unspecified atom stereocenters. The molecule has 1 amide bonds. The summed E-state index contributed by atoms with van der Waals surface area (Å²) in [5.74, 6) is -0.646. The molecule has 0 aliphatic rings. The van der Waals surface area contributed by atoms with Crippen LogP contribution in [0.15, 0.2) is 48.5 Å². The number of carbonyl (C=O) groups is 1. The number of hydrogen-bond acceptors (Lipinski definition) is 2. The van der Waals surface area contributed by atoms with Crippen LogP contribution in [0, 0.1) is 19.7 Å². The predicted molar refractivity (Wildman–Crippen MR) is 85.6 cm³/mol. The van der Waals surface area contributed by atoms with Crippen molar-refractivity contribution in [2.75, 3.05) is 5.32 Å². The quantitative estimate of drug-likeness (QED) is 0.768. The molecule has 0 aliphatic carbocycles. The van der Waals surface area contributed by atoms with Gasteiger partial charge in [0.1, 0.15) is 5.82 Å². The van der Waals surface area contributed by atoms with Gasteiger partial charge in [-0.2, -0.15) is 0 Å². The van der Waals surface area contributed by atoms with E-state index in [-0.39, 0.29) is 11.7 Å². The number of anilines is 1. The first-order chi connectivity index (χ1) is 10.5. The van der Waals surface area contributed by atoms with Crippen molar-refractivity contribution in [3.05, 3.63) is 71.2 Å². The molecule has 1 heterocycles. The van der Waals surface area contributed by atoms with E-state index in [1.807, 2.05) is 38.1 Å². The van der Waals surface area contributed by atoms with Crippen molar-refractivity contribution in [3.63, 3.8) is 0 Å². The number of benzene rings is 2. The summed E-state index contributed by atoms with van der Waals surface area (Å²) in [6.45, 7) is 3.67. The molecule has 0 saturated carbocycles. The Morgan fingerprint density at radius 2 is 1.86 bits per heavy atom. The van der Waals surface area contributed by atoms with Gasteiger partial charge in [0.2, 0.25) is 0 Å². The third kappa shape index (κ3) is 2.68. The minimum Gasteiger partial charge on any atom is -0.322 e. The third-order valence-electron chi connectivity index (χ3n) is 3.54. The molecule has 0 fully saturated rings. The normalized spacial score (nSPS) is 10.7. The summed E-state index contributed by atoms with van der Waals surface area (Å²) in [7, 11) is 0. The van der Waals surface area contributed by atoms with Gasteiger partial charge < -0.3 is 5.32 Å². The van der Waals surface area contributed by atoms with Gasteiger partial charge in [0.15, 0.2) is 0 Å². The van der Waals surface area contributed by atoms with Gasteiger partial charge in [0.05, 0.1) is 11.1 Å². The van der Waals surface area contributed by atoms with E-state index in [0.717, 1.165) is 22.2 Å². The molecule has 110 valence electrons. The first-order valence-electron chi connectivity index (χ1n) is 6.98. The highest BCUT2D eigenvalue weighted by Crippen LogP contribution is 2.21. The van der Waals surface area contributed by atoms with Gasteiger partial charge >= 0.3 is 0 Å². The van der Waals surface area contributed by atoms with E-state index in [1.54, 1.807) is 12.1 Å². The number of para-hydroxylation sites is 1. The van der Waals surface area contributed by atoms with Crippen molar-refractivity contribution < 1.29 is 9.18 Å². The largest absolute Gasteiger partial charge is 0.322 e. The number of hydrogen-bond donors (Lipinski definition) is 1. The minimum absolute atomic E-state index is 0.268. The Hall–Kier alpha value is -2.75. The molecule has 3 rings (SSSR count). The van der Waals surface area contributed by atoms with Crippen LogP contribution in [-0.2, 0) is 0 Å². The standard InChI is InChI=1S/C18H15FN2O/c1-11-7-8-13(19)10-17(11)21-18(22)15-9-12(2)20-16-6-4-3-5-14(15)16/h3-10H,1-2H3,(H,21,22). The maximum absolute atomic E-state index is 13.4. The summed E-state index contributed by atoms with van der Waals surface area (Å²) in [5.41, 5.74) is 3.35. The zero-order chi connectivity index (χ0) is 15.7. The summed E-state index contributed by atoms with van der Waals surface area (Å²) in [6, 6.07) is 13.5. The first kappa shape index (κ1) is 14.2. The van der Waals surface area contributed by atoms with E-state index < -0.39 is 0 Å². The van der Waals surface area contributed by atoms with Crippen molar-refractivity contribution in [1.82, 2.24) is 4.98 Å². The number of aromatic nitrogens is 1. The summed E-state index contributed by atoms with van der Waals surface area (Å²) in [4.78, 5) is 17.0. The number of carbonyl (C=O) groups excluding carboxylic acids is 1. The molecule has 0 bridgehead atoms. The molecule has 0 aliphatic heterocycles. The van der Waals surface area contributed by atoms with Crippen molar-refractivity contribution in [1.29, 1.82) is 0 Å². The van der Waals surface area contributed by atoms with Crippen LogP contribution in [0.3, 0.4) is 0 Å². The van der Waals surface area contributed by atoms with Crippen LogP contribution in [0.5, 0.6) is 0 Å². The van der Waals surface area contributed by atoms with Crippen LogP contribution in [0.25, 0.3) is 10.9 Å². The van der Waals surface area contributed by atoms with Crippen LogP contribution < -0.4 is 5.32 Å². The second kappa shape index (κ2) is 5.56. The van der Waals surface area contributed by atoms with Gasteiger partial charge in [0, 0.05) is 16.8 Å². The second-order valence-electron chi connectivity index (χ2n) is 5.24. The lowest BCUT2D eigenvalue weighted by atomic mass is 10.1. The monoisotopic (exact) mass is 294 g/mol. The molecule has 22 heavy (non-hydrogen) atoms. The van der Waals surface area contributed by atoms with E-state index >= 15 is 0 Å². The van der Waals surface area contributed by atoms with E-state index in [2.05, 4.69) is 10.3 Å². The Balaban J connectivity index is 2.04. The highest BCUT2D eigenvalue weighted by Gasteiger charge is 2.13. The van der Waals surface area contributed by atoms with E-state index in [9.17, 15) is 9.18 Å². The molecule has 0 radical (unpaired) electrons. The summed E-state index contributed by atoms with van der Waals surface area (Å²) in [5, 5.41) is 3.56. The molecule has 2 aromatic carbocycles. The van der Waals surface area contributed by atoms with Crippen molar-refractivity contribution in [3.8, 4) is 0 Å². The van der Waals surface area contributed by atoms with Gasteiger partial charge in [-0.05, 0) is 43.7 Å². The zero-order valence-electron chi connectivity index (χ0n) is 12.4. The molecule has 1 N–H and O–H groups in total. The van der Waals surface area contributed by atoms with Crippen LogP contribution in [-0.4, -0.2) is 10.9 Å². The smallest absolute Gasteiger partial charge is 0.256 e. The van der Waals surface area contributed by atoms with E-state index in [0.29, 0.717) is 11.3 Å². The lowest BCUT2D eigenvalue weighted by Gasteiger charge is -2.11. The Kier molecular flexibility index (Phi) is 3.59. The van der Waals surface area contributed by atoms with Crippen molar-refractivity contribution in [2.45, 2.75) is 13.8 Å². The van der Waals surface area contributed by atoms with Gasteiger partial charge in [-0.3, -0.25) is 9.78 Å². The molecule has 0 spiro atoms. The van der Waals surface area contributed by atoms with E-state index in [1.165, 1.54) is 12.1 Å². The number of amides is 1. The predicted octanol–water partition coefficient (Wildman–Crippen LogP) is 4.24. The fourth-order valence-corrected chi connectivity index (χ4v) is 2.41. The Bertz CT molecular complexity index is 874. The molecule has 4 heteroatoms. The third-order valence-corrected chi connectivity index (χ3v) is 3.54. The van der Waals surface area contributed by atoms with E-state index in [4.69, 9.17) is 0 Å². The number of fused-ring (bicyclic) bond motifs is 1. The fourth-order valence-electron chi connectivity index (χ4n) is 2.41. The first-order valence-corrected chi connectivity index (χ1v) is 6.98. The lowest BCUT2D eigenvalue weighted by molar-refractivity contribution is 0.102. The molecule has 0 saturated heterocycles. The van der Waals surface area contributed by atoms with Gasteiger partial charge in [-0.1, -0.05) is 24.3 Å². The van der Waals surface area contributed by atoms with Crippen LogP contribution in [0.1, 0.15) is 21.6 Å². The number of aryl methyl sites for hydroxylation is 2. The van der Waals surface area contributed by atoms with Crippen molar-refractivity contribution in [2.24, 2.45) is 0 Å². The highest BCUT2D eigenvalue weighted by atomic mass is 19.1. The van der Waals surface area contributed by atoms with Crippen LogP contribution >= 0.6 is 0 Å². The number of pyridine rings is 1.